The first kappa shape index (κ1) is 11.1. The first-order valence-electron chi connectivity index (χ1n) is 6.45. The van der Waals surface area contributed by atoms with Crippen molar-refractivity contribution in [3.63, 3.8) is 0 Å². The number of oxazole rings is 1. The highest BCUT2D eigenvalue weighted by molar-refractivity contribution is 5.89. The summed E-state index contributed by atoms with van der Waals surface area (Å²) in [6.45, 7) is 0. The minimum atomic E-state index is 0.601. The summed E-state index contributed by atoms with van der Waals surface area (Å²) in [5.41, 5.74) is 8.94. The van der Waals surface area contributed by atoms with Crippen molar-refractivity contribution in [1.29, 1.82) is 0 Å². The second kappa shape index (κ2) is 4.10. The van der Waals surface area contributed by atoms with Crippen LogP contribution >= 0.6 is 0 Å². The molecule has 3 heteroatoms. The maximum Gasteiger partial charge on any atom is 0.227 e. The number of anilines is 1. The highest BCUT2D eigenvalue weighted by Gasteiger charge is 2.10. The second-order valence-electron chi connectivity index (χ2n) is 4.77. The summed E-state index contributed by atoms with van der Waals surface area (Å²) >= 11 is 0. The molecule has 20 heavy (non-hydrogen) atoms. The van der Waals surface area contributed by atoms with Crippen molar-refractivity contribution in [3.8, 4) is 11.5 Å². The van der Waals surface area contributed by atoms with Crippen molar-refractivity contribution < 1.29 is 4.42 Å². The van der Waals surface area contributed by atoms with Crippen LogP contribution in [0.2, 0.25) is 0 Å². The topological polar surface area (TPSA) is 52.0 Å². The van der Waals surface area contributed by atoms with Gasteiger partial charge in [-0.2, -0.15) is 0 Å². The largest absolute Gasteiger partial charge is 0.436 e. The summed E-state index contributed by atoms with van der Waals surface area (Å²) in [7, 11) is 0. The molecule has 4 aromatic rings. The lowest BCUT2D eigenvalue weighted by atomic mass is 10.1. The summed E-state index contributed by atoms with van der Waals surface area (Å²) in [5, 5.41) is 2.37. The van der Waals surface area contributed by atoms with E-state index in [1.807, 2.05) is 36.4 Å². The molecule has 0 aliphatic heterocycles. The third-order valence-corrected chi connectivity index (χ3v) is 3.45. The molecule has 1 aromatic heterocycles. The number of hydrogen-bond acceptors (Lipinski definition) is 3. The number of rotatable bonds is 1. The first-order valence-corrected chi connectivity index (χ1v) is 6.45. The zero-order valence-electron chi connectivity index (χ0n) is 10.7. The molecule has 4 rings (SSSR count). The van der Waals surface area contributed by atoms with E-state index in [0.717, 1.165) is 11.1 Å². The van der Waals surface area contributed by atoms with Gasteiger partial charge in [0, 0.05) is 5.56 Å². The Bertz CT molecular complexity index is 924. The van der Waals surface area contributed by atoms with Crippen LogP contribution in [0.25, 0.3) is 33.3 Å². The summed E-state index contributed by atoms with van der Waals surface area (Å²) in [5.74, 6) is 0.601. The lowest BCUT2D eigenvalue weighted by molar-refractivity contribution is 0.620. The van der Waals surface area contributed by atoms with Crippen LogP contribution in [0.4, 0.5) is 5.69 Å². The average molecular weight is 260 g/mol. The van der Waals surface area contributed by atoms with Crippen LogP contribution in [0.3, 0.4) is 0 Å². The van der Waals surface area contributed by atoms with E-state index >= 15 is 0 Å². The molecule has 3 nitrogen and oxygen atoms in total. The van der Waals surface area contributed by atoms with E-state index in [4.69, 9.17) is 10.2 Å². The Kier molecular flexibility index (Phi) is 2.27. The van der Waals surface area contributed by atoms with E-state index < -0.39 is 0 Å². The third kappa shape index (κ3) is 1.64. The zero-order chi connectivity index (χ0) is 13.5. The van der Waals surface area contributed by atoms with Crippen LogP contribution in [-0.4, -0.2) is 4.98 Å². The van der Waals surface area contributed by atoms with Gasteiger partial charge in [-0.3, -0.25) is 0 Å². The number of aromatic nitrogens is 1. The number of benzene rings is 3. The Balaban J connectivity index is 1.94. The minimum Gasteiger partial charge on any atom is -0.436 e. The Morgan fingerprint density at radius 3 is 2.55 bits per heavy atom. The predicted molar refractivity (Wildman–Crippen MR) is 81.4 cm³/mol. The summed E-state index contributed by atoms with van der Waals surface area (Å²) in [4.78, 5) is 4.50. The summed E-state index contributed by atoms with van der Waals surface area (Å²) < 4.78 is 5.79. The fraction of sp³-hybridized carbons (Fsp3) is 0. The summed E-state index contributed by atoms with van der Waals surface area (Å²) in [6, 6.07) is 20.0. The number of nitrogen functional groups attached to an aromatic ring is 1. The molecule has 0 amide bonds. The van der Waals surface area contributed by atoms with Crippen molar-refractivity contribution >= 4 is 27.6 Å². The van der Waals surface area contributed by atoms with Gasteiger partial charge in [-0.05, 0) is 35.0 Å². The van der Waals surface area contributed by atoms with Crippen LogP contribution in [0.15, 0.2) is 65.1 Å². The van der Waals surface area contributed by atoms with Gasteiger partial charge < -0.3 is 10.2 Å². The maximum atomic E-state index is 5.92. The lowest BCUT2D eigenvalue weighted by Gasteiger charge is -1.99. The summed E-state index contributed by atoms with van der Waals surface area (Å²) in [6.07, 6.45) is 0. The molecule has 1 heterocycles. The molecule has 0 fully saturated rings. The van der Waals surface area contributed by atoms with Crippen LogP contribution in [0, 0.1) is 0 Å². The molecule has 0 unspecified atom stereocenters. The number of hydrogen-bond donors (Lipinski definition) is 1. The molecule has 0 bridgehead atoms. The number of nitrogens with zero attached hydrogens (tertiary/aromatic N) is 1. The SMILES string of the molecule is Nc1cccc2oc(-c3ccc4ccccc4c3)nc12. The van der Waals surface area contributed by atoms with E-state index in [1.54, 1.807) is 0 Å². The highest BCUT2D eigenvalue weighted by atomic mass is 16.3. The van der Waals surface area contributed by atoms with E-state index in [0.29, 0.717) is 17.2 Å². The van der Waals surface area contributed by atoms with Gasteiger partial charge >= 0.3 is 0 Å². The Morgan fingerprint density at radius 2 is 1.70 bits per heavy atom. The zero-order valence-corrected chi connectivity index (χ0v) is 10.7. The third-order valence-electron chi connectivity index (χ3n) is 3.45. The Labute approximate surface area is 115 Å². The average Bonchev–Trinajstić information content (AvgIpc) is 2.92. The van der Waals surface area contributed by atoms with Crippen LogP contribution < -0.4 is 5.73 Å². The molecule has 0 atom stereocenters. The Morgan fingerprint density at radius 1 is 0.850 bits per heavy atom. The molecule has 0 saturated carbocycles. The van der Waals surface area contributed by atoms with Crippen molar-refractivity contribution in [2.45, 2.75) is 0 Å². The van der Waals surface area contributed by atoms with E-state index in [-0.39, 0.29) is 0 Å². The monoisotopic (exact) mass is 260 g/mol. The highest BCUT2D eigenvalue weighted by Crippen LogP contribution is 2.29. The molecule has 3 aromatic carbocycles. The quantitative estimate of drug-likeness (QED) is 0.521. The first-order chi connectivity index (χ1) is 9.81. The normalized spacial score (nSPS) is 11.2. The Hall–Kier alpha value is -2.81. The molecule has 0 saturated heterocycles. The van der Waals surface area contributed by atoms with Gasteiger partial charge in [0.1, 0.15) is 5.52 Å². The van der Waals surface area contributed by atoms with Crippen molar-refractivity contribution in [3.05, 3.63) is 60.7 Å². The molecule has 2 N–H and O–H groups in total. The lowest BCUT2D eigenvalue weighted by Crippen LogP contribution is -1.85. The molecule has 96 valence electrons. The van der Waals surface area contributed by atoms with Crippen molar-refractivity contribution in [2.75, 3.05) is 5.73 Å². The minimum absolute atomic E-state index is 0.601. The molecular weight excluding hydrogens is 248 g/mol. The maximum absolute atomic E-state index is 5.92. The van der Waals surface area contributed by atoms with E-state index in [1.165, 1.54) is 10.8 Å². The van der Waals surface area contributed by atoms with Gasteiger partial charge in [0.2, 0.25) is 5.89 Å². The number of nitrogens with two attached hydrogens (primary N) is 1. The van der Waals surface area contributed by atoms with E-state index in [9.17, 15) is 0 Å². The fourth-order valence-corrected chi connectivity index (χ4v) is 2.42. The standard InChI is InChI=1S/C17H12N2O/c18-14-6-3-7-15-16(14)19-17(20-15)13-9-8-11-4-1-2-5-12(11)10-13/h1-10H,18H2. The van der Waals surface area contributed by atoms with Crippen molar-refractivity contribution in [2.24, 2.45) is 0 Å². The van der Waals surface area contributed by atoms with Crippen LogP contribution in [-0.2, 0) is 0 Å². The predicted octanol–water partition coefficient (Wildman–Crippen LogP) is 4.23. The van der Waals surface area contributed by atoms with Gasteiger partial charge in [0.25, 0.3) is 0 Å². The van der Waals surface area contributed by atoms with Gasteiger partial charge in [-0.15, -0.1) is 0 Å². The van der Waals surface area contributed by atoms with Gasteiger partial charge in [-0.25, -0.2) is 4.98 Å². The molecule has 0 radical (unpaired) electrons. The number of para-hydroxylation sites is 1. The van der Waals surface area contributed by atoms with Gasteiger partial charge in [0.15, 0.2) is 5.58 Å². The molecular formula is C17H12N2O. The van der Waals surface area contributed by atoms with Crippen LogP contribution in [0.5, 0.6) is 0 Å². The van der Waals surface area contributed by atoms with Crippen LogP contribution in [0.1, 0.15) is 0 Å². The second-order valence-corrected chi connectivity index (χ2v) is 4.77. The number of fused-ring (bicyclic) bond motifs is 2. The molecule has 0 spiro atoms. The smallest absolute Gasteiger partial charge is 0.227 e. The van der Waals surface area contributed by atoms with Crippen molar-refractivity contribution in [1.82, 2.24) is 4.98 Å². The van der Waals surface area contributed by atoms with E-state index in [2.05, 4.69) is 29.2 Å². The van der Waals surface area contributed by atoms with Gasteiger partial charge in [-0.1, -0.05) is 36.4 Å². The molecule has 0 aliphatic rings. The molecule has 0 aliphatic carbocycles. The van der Waals surface area contributed by atoms with Gasteiger partial charge in [0.05, 0.1) is 5.69 Å². The fourth-order valence-electron chi connectivity index (χ4n) is 2.42.